The van der Waals surface area contributed by atoms with Crippen molar-refractivity contribution in [2.75, 3.05) is 0 Å². The van der Waals surface area contributed by atoms with Gasteiger partial charge in [-0.25, -0.2) is 0 Å². The third-order valence-corrected chi connectivity index (χ3v) is 8.29. The monoisotopic (exact) mass is 626 g/mol. The van der Waals surface area contributed by atoms with Gasteiger partial charge in [0.1, 0.15) is 0 Å². The summed E-state index contributed by atoms with van der Waals surface area (Å²) in [5.41, 5.74) is 12.9. The zero-order valence-electron chi connectivity index (χ0n) is 26.8. The van der Waals surface area contributed by atoms with Crippen LogP contribution in [0.5, 0.6) is 0 Å². The molecule has 2 N–H and O–H groups in total. The second-order valence-corrected chi connectivity index (χ2v) is 12.2. The molecule has 6 rings (SSSR count). The SMILES string of the molecule is Cc1ccc(CCn2c(C)c(C)c3ccccc32)cn1.Cc1ccc(CCn2c(C)c(C)c3ccccc32)cn1.O=S(=O)(O)O. The molecule has 0 aliphatic rings. The van der Waals surface area contributed by atoms with Gasteiger partial charge in [0, 0.05) is 70.1 Å². The van der Waals surface area contributed by atoms with E-state index in [9.17, 15) is 0 Å². The zero-order valence-corrected chi connectivity index (χ0v) is 27.6. The normalized spacial score (nSPS) is 11.2. The van der Waals surface area contributed by atoms with Gasteiger partial charge in [0.15, 0.2) is 0 Å². The molecule has 0 amide bonds. The summed E-state index contributed by atoms with van der Waals surface area (Å²) in [6, 6.07) is 25.8. The highest BCUT2D eigenvalue weighted by Gasteiger charge is 2.11. The Morgan fingerprint density at radius 1 is 0.578 bits per heavy atom. The van der Waals surface area contributed by atoms with Gasteiger partial charge in [-0.05, 0) is 101 Å². The Morgan fingerprint density at radius 3 is 1.27 bits per heavy atom. The van der Waals surface area contributed by atoms with Crippen LogP contribution >= 0.6 is 0 Å². The van der Waals surface area contributed by atoms with Gasteiger partial charge < -0.3 is 9.13 Å². The van der Waals surface area contributed by atoms with Crippen LogP contribution in [0.15, 0.2) is 85.2 Å². The predicted molar refractivity (Wildman–Crippen MR) is 182 cm³/mol. The molecule has 0 saturated carbocycles. The van der Waals surface area contributed by atoms with E-state index in [1.54, 1.807) is 0 Å². The number of para-hydroxylation sites is 2. The van der Waals surface area contributed by atoms with Crippen LogP contribution in [0.4, 0.5) is 0 Å². The van der Waals surface area contributed by atoms with Gasteiger partial charge >= 0.3 is 10.4 Å². The van der Waals surface area contributed by atoms with Crippen molar-refractivity contribution in [2.45, 2.75) is 67.5 Å². The molecule has 6 aromatic rings. The number of benzene rings is 2. The highest BCUT2D eigenvalue weighted by molar-refractivity contribution is 7.79. The van der Waals surface area contributed by atoms with Crippen molar-refractivity contribution >= 4 is 32.2 Å². The summed E-state index contributed by atoms with van der Waals surface area (Å²) in [7, 11) is -4.67. The first kappa shape index (κ1) is 33.6. The van der Waals surface area contributed by atoms with Crippen LogP contribution in [0.2, 0.25) is 0 Å². The summed E-state index contributed by atoms with van der Waals surface area (Å²) >= 11 is 0. The lowest BCUT2D eigenvalue weighted by atomic mass is 10.2. The first-order chi connectivity index (χ1) is 21.3. The Bertz CT molecular complexity index is 1850. The highest BCUT2D eigenvalue weighted by atomic mass is 32.3. The van der Waals surface area contributed by atoms with Crippen molar-refractivity contribution in [3.8, 4) is 0 Å². The minimum absolute atomic E-state index is 1.00. The number of hydrogen-bond acceptors (Lipinski definition) is 4. The van der Waals surface area contributed by atoms with Gasteiger partial charge in [0.25, 0.3) is 0 Å². The third-order valence-electron chi connectivity index (χ3n) is 8.29. The van der Waals surface area contributed by atoms with E-state index in [0.717, 1.165) is 37.3 Å². The number of aryl methyl sites for hydroxylation is 8. The van der Waals surface area contributed by atoms with E-state index in [1.165, 1.54) is 55.4 Å². The number of rotatable bonds is 6. The number of pyridine rings is 2. The molecule has 9 heteroatoms. The summed E-state index contributed by atoms with van der Waals surface area (Å²) in [6.07, 6.45) is 6.02. The van der Waals surface area contributed by atoms with Gasteiger partial charge in [0.2, 0.25) is 0 Å². The van der Waals surface area contributed by atoms with E-state index >= 15 is 0 Å². The molecule has 236 valence electrons. The first-order valence-corrected chi connectivity index (χ1v) is 16.3. The molecule has 0 aliphatic carbocycles. The quantitative estimate of drug-likeness (QED) is 0.183. The molecule has 0 fully saturated rings. The molecule has 2 aromatic carbocycles. The van der Waals surface area contributed by atoms with E-state index in [1.807, 2.05) is 26.2 Å². The molecule has 0 unspecified atom stereocenters. The lowest BCUT2D eigenvalue weighted by Gasteiger charge is -2.08. The summed E-state index contributed by atoms with van der Waals surface area (Å²) in [4.78, 5) is 8.74. The summed E-state index contributed by atoms with van der Waals surface area (Å²) in [5, 5.41) is 2.74. The van der Waals surface area contributed by atoms with Gasteiger partial charge in [-0.1, -0.05) is 48.5 Å². The van der Waals surface area contributed by atoms with E-state index in [0.29, 0.717) is 0 Å². The molecule has 0 bridgehead atoms. The Kier molecular flexibility index (Phi) is 10.9. The molecule has 4 aromatic heterocycles. The summed E-state index contributed by atoms with van der Waals surface area (Å²) in [6.45, 7) is 14.9. The largest absolute Gasteiger partial charge is 0.394 e. The Morgan fingerprint density at radius 2 is 0.933 bits per heavy atom. The van der Waals surface area contributed by atoms with E-state index < -0.39 is 10.4 Å². The molecule has 0 saturated heterocycles. The molecule has 0 radical (unpaired) electrons. The van der Waals surface area contributed by atoms with Crippen LogP contribution < -0.4 is 0 Å². The van der Waals surface area contributed by atoms with Crippen molar-refractivity contribution in [3.05, 3.63) is 130 Å². The van der Waals surface area contributed by atoms with Gasteiger partial charge in [-0.2, -0.15) is 8.42 Å². The van der Waals surface area contributed by atoms with Crippen LogP contribution in [-0.4, -0.2) is 36.6 Å². The first-order valence-electron chi connectivity index (χ1n) is 14.9. The molecular formula is C36H42N4O4S. The van der Waals surface area contributed by atoms with E-state index in [-0.39, 0.29) is 0 Å². The highest BCUT2D eigenvalue weighted by Crippen LogP contribution is 2.26. The lowest BCUT2D eigenvalue weighted by Crippen LogP contribution is -2.03. The van der Waals surface area contributed by atoms with Crippen molar-refractivity contribution in [3.63, 3.8) is 0 Å². The zero-order chi connectivity index (χ0) is 32.7. The molecule has 8 nitrogen and oxygen atoms in total. The topological polar surface area (TPSA) is 110 Å². The fourth-order valence-electron chi connectivity index (χ4n) is 5.56. The molecule has 0 atom stereocenters. The van der Waals surface area contributed by atoms with Crippen LogP contribution in [0.25, 0.3) is 21.8 Å². The minimum atomic E-state index is -4.67. The van der Waals surface area contributed by atoms with Crippen LogP contribution in [0.3, 0.4) is 0 Å². The van der Waals surface area contributed by atoms with Crippen LogP contribution in [0, 0.1) is 41.5 Å². The van der Waals surface area contributed by atoms with Crippen molar-refractivity contribution in [2.24, 2.45) is 0 Å². The Balaban J connectivity index is 0.000000179. The molecule has 45 heavy (non-hydrogen) atoms. The fourth-order valence-corrected chi connectivity index (χ4v) is 5.56. The Hall–Kier alpha value is -4.31. The van der Waals surface area contributed by atoms with Crippen molar-refractivity contribution < 1.29 is 17.5 Å². The van der Waals surface area contributed by atoms with Crippen LogP contribution in [0.1, 0.15) is 45.0 Å². The number of hydrogen-bond donors (Lipinski definition) is 2. The van der Waals surface area contributed by atoms with Crippen molar-refractivity contribution in [1.29, 1.82) is 0 Å². The van der Waals surface area contributed by atoms with Gasteiger partial charge in [0.05, 0.1) is 0 Å². The third kappa shape index (κ3) is 8.88. The average molecular weight is 627 g/mol. The van der Waals surface area contributed by atoms with Crippen LogP contribution in [-0.2, 0) is 36.3 Å². The second-order valence-electron chi connectivity index (χ2n) is 11.3. The van der Waals surface area contributed by atoms with Crippen molar-refractivity contribution in [1.82, 2.24) is 19.1 Å². The number of aromatic nitrogens is 4. The summed E-state index contributed by atoms with van der Waals surface area (Å²) < 4.78 is 36.4. The predicted octanol–water partition coefficient (Wildman–Crippen LogP) is 7.76. The minimum Gasteiger partial charge on any atom is -0.344 e. The maximum atomic E-state index is 8.74. The maximum Gasteiger partial charge on any atom is 0.394 e. The van der Waals surface area contributed by atoms with Gasteiger partial charge in [-0.15, -0.1) is 0 Å². The summed E-state index contributed by atoms with van der Waals surface area (Å²) in [5.74, 6) is 0. The smallest absolute Gasteiger partial charge is 0.344 e. The molecule has 0 aliphatic heterocycles. The van der Waals surface area contributed by atoms with E-state index in [2.05, 4.69) is 120 Å². The molecule has 0 spiro atoms. The Labute approximate surface area is 266 Å². The lowest BCUT2D eigenvalue weighted by molar-refractivity contribution is 0.381. The molecule has 4 heterocycles. The van der Waals surface area contributed by atoms with E-state index in [4.69, 9.17) is 17.5 Å². The average Bonchev–Trinajstić information content (AvgIpc) is 3.40. The second kappa shape index (κ2) is 14.6. The van der Waals surface area contributed by atoms with Gasteiger partial charge in [-0.3, -0.25) is 19.1 Å². The molecular weight excluding hydrogens is 584 g/mol. The number of nitrogens with zero attached hydrogens (tertiary/aromatic N) is 4. The standard InChI is InChI=1S/2C18H20N2.H2O4S/c2*1-13-8-9-16(12-19-13)10-11-20-15(3)14(2)17-6-4-5-7-18(17)20;1-5(2,3)4/h2*4-9,12H,10-11H2,1-3H3;(H2,1,2,3,4). The number of fused-ring (bicyclic) bond motifs is 2. The maximum absolute atomic E-state index is 8.74. The fraction of sp³-hybridized carbons (Fsp3) is 0.278.